The van der Waals surface area contributed by atoms with Gasteiger partial charge in [-0.1, -0.05) is 43.3 Å². The number of hydrogen-bond acceptors (Lipinski definition) is 4. The monoisotopic (exact) mass is 323 g/mol. The molecule has 0 saturated heterocycles. The Labute approximate surface area is 140 Å². The smallest absolute Gasteiger partial charge is 0.258 e. The fraction of sp³-hybridized carbons (Fsp3) is 0.263. The molecule has 0 aromatic heterocycles. The van der Waals surface area contributed by atoms with Crippen LogP contribution in [-0.2, 0) is 0 Å². The number of para-hydroxylation sites is 1. The largest absolute Gasteiger partial charge is 0.545 e. The summed E-state index contributed by atoms with van der Waals surface area (Å²) in [6.45, 7) is 4.05. The van der Waals surface area contributed by atoms with Gasteiger partial charge in [0, 0.05) is 11.7 Å². The Morgan fingerprint density at radius 3 is 2.50 bits per heavy atom. The molecule has 124 valence electrons. The number of anilines is 1. The second kappa shape index (κ2) is 6.35. The van der Waals surface area contributed by atoms with Crippen molar-refractivity contribution in [2.75, 3.05) is 5.32 Å². The predicted molar refractivity (Wildman–Crippen MR) is 89.5 cm³/mol. The van der Waals surface area contributed by atoms with Gasteiger partial charge in [0.1, 0.15) is 6.17 Å². The van der Waals surface area contributed by atoms with Crippen LogP contribution in [0.25, 0.3) is 0 Å². The first kappa shape index (κ1) is 16.1. The van der Waals surface area contributed by atoms with Gasteiger partial charge in [-0.05, 0) is 36.6 Å². The van der Waals surface area contributed by atoms with Crippen LogP contribution in [0.3, 0.4) is 0 Å². The average Bonchev–Trinajstić information content (AvgIpc) is 2.61. The van der Waals surface area contributed by atoms with Crippen LogP contribution in [0.2, 0.25) is 0 Å². The quantitative estimate of drug-likeness (QED) is 0.938. The number of nitrogens with zero attached hydrogens (tertiary/aromatic N) is 1. The van der Waals surface area contributed by atoms with Crippen molar-refractivity contribution in [3.05, 3.63) is 65.2 Å². The maximum absolute atomic E-state index is 13.0. The normalized spacial score (nSPS) is 17.8. The molecule has 0 spiro atoms. The molecule has 1 aliphatic heterocycles. The molecule has 3 rings (SSSR count). The number of amides is 1. The zero-order chi connectivity index (χ0) is 17.3. The standard InChI is InChI=1S/C19H20N2O3/c1-3-12(2)21-17(13-8-10-14(11-9-13)19(23)24)20-16-7-5-4-6-15(16)18(21)22/h4-12,17,20H,3H2,1-2H3,(H,23,24)/p-1/t12-,17-/m1/s1. The molecule has 1 heterocycles. The lowest BCUT2D eigenvalue weighted by atomic mass is 10.00. The average molecular weight is 323 g/mol. The van der Waals surface area contributed by atoms with Gasteiger partial charge >= 0.3 is 0 Å². The number of carbonyl (C=O) groups is 2. The molecular formula is C19H19N2O3-. The van der Waals surface area contributed by atoms with E-state index in [1.165, 1.54) is 12.1 Å². The maximum Gasteiger partial charge on any atom is 0.258 e. The summed E-state index contributed by atoms with van der Waals surface area (Å²) >= 11 is 0. The van der Waals surface area contributed by atoms with E-state index in [9.17, 15) is 14.7 Å². The number of carboxylic acids is 1. The number of carbonyl (C=O) groups excluding carboxylic acids is 2. The number of fused-ring (bicyclic) bond motifs is 1. The van der Waals surface area contributed by atoms with Crippen molar-refractivity contribution in [1.29, 1.82) is 0 Å². The summed E-state index contributed by atoms with van der Waals surface area (Å²) in [5, 5.41) is 14.3. The fourth-order valence-corrected chi connectivity index (χ4v) is 2.97. The Balaban J connectivity index is 2.03. The number of carboxylic acid groups (broad SMARTS) is 1. The van der Waals surface area contributed by atoms with Crippen molar-refractivity contribution in [2.24, 2.45) is 0 Å². The van der Waals surface area contributed by atoms with Gasteiger partial charge in [0.2, 0.25) is 0 Å². The van der Waals surface area contributed by atoms with E-state index in [-0.39, 0.29) is 23.7 Å². The third-order valence-corrected chi connectivity index (χ3v) is 4.49. The van der Waals surface area contributed by atoms with E-state index in [1.54, 1.807) is 12.1 Å². The van der Waals surface area contributed by atoms with Crippen LogP contribution in [0.4, 0.5) is 5.69 Å². The summed E-state index contributed by atoms with van der Waals surface area (Å²) in [5.41, 5.74) is 2.40. The molecule has 0 saturated carbocycles. The first-order valence-electron chi connectivity index (χ1n) is 8.02. The predicted octanol–water partition coefficient (Wildman–Crippen LogP) is 2.42. The topological polar surface area (TPSA) is 72.5 Å². The second-order valence-corrected chi connectivity index (χ2v) is 5.97. The molecule has 0 bridgehead atoms. The van der Waals surface area contributed by atoms with Gasteiger partial charge in [-0.15, -0.1) is 0 Å². The Kier molecular flexibility index (Phi) is 4.25. The molecule has 2 aromatic rings. The molecule has 5 heteroatoms. The highest BCUT2D eigenvalue weighted by Gasteiger charge is 2.35. The highest BCUT2D eigenvalue weighted by atomic mass is 16.4. The molecule has 24 heavy (non-hydrogen) atoms. The Morgan fingerprint density at radius 2 is 1.88 bits per heavy atom. The van der Waals surface area contributed by atoms with Crippen LogP contribution in [0.5, 0.6) is 0 Å². The van der Waals surface area contributed by atoms with Gasteiger partial charge in [0.25, 0.3) is 5.91 Å². The summed E-state index contributed by atoms with van der Waals surface area (Å²) in [4.78, 5) is 25.7. The minimum atomic E-state index is -1.21. The van der Waals surface area contributed by atoms with Crippen LogP contribution >= 0.6 is 0 Å². The SMILES string of the molecule is CC[C@@H](C)N1C(=O)c2ccccc2N[C@H]1c1ccc(C(=O)[O-])cc1. The summed E-state index contributed by atoms with van der Waals surface area (Å²) in [6, 6.07) is 13.9. The van der Waals surface area contributed by atoms with Crippen molar-refractivity contribution < 1.29 is 14.7 Å². The third-order valence-electron chi connectivity index (χ3n) is 4.49. The Morgan fingerprint density at radius 1 is 1.21 bits per heavy atom. The highest BCUT2D eigenvalue weighted by Crippen LogP contribution is 2.34. The highest BCUT2D eigenvalue weighted by molar-refractivity contribution is 6.01. The molecule has 2 aromatic carbocycles. The number of benzene rings is 2. The van der Waals surface area contributed by atoms with E-state index < -0.39 is 5.97 Å². The van der Waals surface area contributed by atoms with Gasteiger partial charge in [-0.3, -0.25) is 4.79 Å². The van der Waals surface area contributed by atoms with Gasteiger partial charge in [-0.25, -0.2) is 0 Å². The van der Waals surface area contributed by atoms with Crippen molar-refractivity contribution in [2.45, 2.75) is 32.5 Å². The summed E-state index contributed by atoms with van der Waals surface area (Å²) < 4.78 is 0. The summed E-state index contributed by atoms with van der Waals surface area (Å²) in [7, 11) is 0. The first-order chi connectivity index (χ1) is 11.5. The third kappa shape index (κ3) is 2.73. The van der Waals surface area contributed by atoms with E-state index >= 15 is 0 Å². The van der Waals surface area contributed by atoms with E-state index in [1.807, 2.05) is 43.0 Å². The van der Waals surface area contributed by atoms with Gasteiger partial charge in [0.15, 0.2) is 0 Å². The number of aromatic carboxylic acids is 1. The van der Waals surface area contributed by atoms with Crippen LogP contribution in [0, 0.1) is 0 Å². The van der Waals surface area contributed by atoms with Crippen LogP contribution in [0.15, 0.2) is 48.5 Å². The molecular weight excluding hydrogens is 304 g/mol. The number of nitrogens with one attached hydrogen (secondary N) is 1. The number of rotatable bonds is 4. The van der Waals surface area contributed by atoms with Crippen molar-refractivity contribution in [1.82, 2.24) is 4.90 Å². The van der Waals surface area contributed by atoms with E-state index in [0.717, 1.165) is 17.7 Å². The minimum absolute atomic E-state index is 0.0207. The molecule has 1 aliphatic rings. The van der Waals surface area contributed by atoms with E-state index in [4.69, 9.17) is 0 Å². The molecule has 1 N–H and O–H groups in total. The van der Waals surface area contributed by atoms with Gasteiger partial charge < -0.3 is 20.1 Å². The van der Waals surface area contributed by atoms with E-state index in [2.05, 4.69) is 5.32 Å². The molecule has 0 aliphatic carbocycles. The fourth-order valence-electron chi connectivity index (χ4n) is 2.97. The molecule has 0 radical (unpaired) electrons. The van der Waals surface area contributed by atoms with Crippen LogP contribution in [-0.4, -0.2) is 22.8 Å². The first-order valence-corrected chi connectivity index (χ1v) is 8.02. The minimum Gasteiger partial charge on any atom is -0.545 e. The molecule has 0 fully saturated rings. The second-order valence-electron chi connectivity index (χ2n) is 5.97. The van der Waals surface area contributed by atoms with E-state index in [0.29, 0.717) is 5.56 Å². The van der Waals surface area contributed by atoms with Gasteiger partial charge in [0.05, 0.1) is 11.5 Å². The molecule has 0 unspecified atom stereocenters. The molecule has 2 atom stereocenters. The Bertz CT molecular complexity index is 770. The van der Waals surface area contributed by atoms with Gasteiger partial charge in [-0.2, -0.15) is 0 Å². The lowest BCUT2D eigenvalue weighted by Gasteiger charge is -2.41. The summed E-state index contributed by atoms with van der Waals surface area (Å²) in [6.07, 6.45) is 0.488. The molecule has 1 amide bonds. The summed E-state index contributed by atoms with van der Waals surface area (Å²) in [5.74, 6) is -1.23. The Hall–Kier alpha value is -2.82. The maximum atomic E-state index is 13.0. The van der Waals surface area contributed by atoms with Crippen molar-refractivity contribution in [3.8, 4) is 0 Å². The number of hydrogen-bond donors (Lipinski definition) is 1. The lowest BCUT2D eigenvalue weighted by molar-refractivity contribution is -0.255. The zero-order valence-corrected chi connectivity index (χ0v) is 13.7. The van der Waals surface area contributed by atoms with Crippen molar-refractivity contribution >= 4 is 17.6 Å². The van der Waals surface area contributed by atoms with Crippen LogP contribution in [0.1, 0.15) is 52.7 Å². The van der Waals surface area contributed by atoms with Crippen LogP contribution < -0.4 is 10.4 Å². The van der Waals surface area contributed by atoms with Crippen molar-refractivity contribution in [3.63, 3.8) is 0 Å². The zero-order valence-electron chi connectivity index (χ0n) is 13.7. The molecule has 5 nitrogen and oxygen atoms in total. The lowest BCUT2D eigenvalue weighted by Crippen LogP contribution is -2.47.